The Bertz CT molecular complexity index is 652. The van der Waals surface area contributed by atoms with E-state index >= 15 is 0 Å². The summed E-state index contributed by atoms with van der Waals surface area (Å²) in [5, 5.41) is -7.07. The largest absolute Gasteiger partial charge is 0.460 e. The summed E-state index contributed by atoms with van der Waals surface area (Å²) >= 11 is 0. The number of nitrogens with zero attached hydrogens (tertiary/aromatic N) is 1. The predicted octanol–water partition coefficient (Wildman–Crippen LogP) is 1.56. The minimum atomic E-state index is -7.48. The zero-order valence-electron chi connectivity index (χ0n) is 10.7. The molecule has 0 saturated heterocycles. The van der Waals surface area contributed by atoms with Crippen LogP contribution in [-0.2, 0) is 24.4 Å². The van der Waals surface area contributed by atoms with Crippen molar-refractivity contribution in [3.63, 3.8) is 0 Å². The number of hydroxylamine groups is 1. The fraction of sp³-hybridized carbons (Fsp3) is 1.00. The second-order valence-corrected chi connectivity index (χ2v) is 7.39. The molecule has 0 spiro atoms. The van der Waals surface area contributed by atoms with E-state index in [1.807, 2.05) is 0 Å². The highest BCUT2D eigenvalue weighted by molar-refractivity contribution is 7.91. The molecular formula is C6H6F9NO5S2. The average molecular weight is 407 g/mol. The maximum atomic E-state index is 13.2. The Labute approximate surface area is 122 Å². The number of sulfonamides is 1. The van der Waals surface area contributed by atoms with Crippen LogP contribution >= 0.6 is 0 Å². The molecule has 0 heterocycles. The summed E-state index contributed by atoms with van der Waals surface area (Å²) in [4.78, 5) is 0. The van der Waals surface area contributed by atoms with E-state index in [0.29, 0.717) is 0 Å². The fourth-order valence-corrected chi connectivity index (χ4v) is 2.72. The van der Waals surface area contributed by atoms with Gasteiger partial charge in [0, 0.05) is 7.05 Å². The van der Waals surface area contributed by atoms with Crippen LogP contribution in [0.2, 0.25) is 0 Å². The van der Waals surface area contributed by atoms with Crippen molar-refractivity contribution >= 4 is 20.1 Å². The first-order valence-electron chi connectivity index (χ1n) is 4.71. The third kappa shape index (κ3) is 3.66. The van der Waals surface area contributed by atoms with E-state index in [4.69, 9.17) is 0 Å². The molecular weight excluding hydrogens is 401 g/mol. The molecule has 23 heavy (non-hydrogen) atoms. The van der Waals surface area contributed by atoms with E-state index in [-0.39, 0.29) is 13.3 Å². The molecule has 0 atom stereocenters. The molecule has 0 rings (SSSR count). The quantitative estimate of drug-likeness (QED) is 0.493. The average Bonchev–Trinajstić information content (AvgIpc) is 2.23. The van der Waals surface area contributed by atoms with Gasteiger partial charge in [-0.25, -0.2) is 8.42 Å². The predicted molar refractivity (Wildman–Crippen MR) is 53.5 cm³/mol. The maximum absolute atomic E-state index is 13.2. The van der Waals surface area contributed by atoms with Crippen LogP contribution in [0.15, 0.2) is 0 Å². The van der Waals surface area contributed by atoms with Gasteiger partial charge in [-0.3, -0.25) is 0 Å². The Kier molecular flexibility index (Phi) is 5.43. The highest BCUT2D eigenvalue weighted by atomic mass is 32.2. The number of halogens is 9. The summed E-state index contributed by atoms with van der Waals surface area (Å²) in [6.45, 7) is 0. The van der Waals surface area contributed by atoms with E-state index in [0.717, 1.165) is 0 Å². The van der Waals surface area contributed by atoms with E-state index in [9.17, 15) is 56.3 Å². The molecule has 0 aromatic heterocycles. The second kappa shape index (κ2) is 5.62. The molecule has 0 unspecified atom stereocenters. The second-order valence-electron chi connectivity index (χ2n) is 3.86. The Morgan fingerprint density at radius 1 is 0.783 bits per heavy atom. The van der Waals surface area contributed by atoms with Crippen LogP contribution in [0.1, 0.15) is 0 Å². The van der Waals surface area contributed by atoms with Crippen molar-refractivity contribution in [2.45, 2.75) is 23.3 Å². The van der Waals surface area contributed by atoms with Gasteiger partial charge in [-0.15, -0.1) is 0 Å². The SMILES string of the molecule is CN(OS(C)(=O)=O)S(=O)(=O)C(F)(F)C(F)(F)C(F)(F)C(F)(F)F. The van der Waals surface area contributed by atoms with E-state index < -0.39 is 47.9 Å². The van der Waals surface area contributed by atoms with Crippen molar-refractivity contribution in [1.82, 2.24) is 4.47 Å². The number of rotatable bonds is 6. The summed E-state index contributed by atoms with van der Waals surface area (Å²) < 4.78 is 158. The first-order valence-corrected chi connectivity index (χ1v) is 7.97. The first-order chi connectivity index (χ1) is 9.63. The normalized spacial score (nSPS) is 16.0. The van der Waals surface area contributed by atoms with Crippen molar-refractivity contribution in [3.8, 4) is 0 Å². The molecule has 140 valence electrons. The van der Waals surface area contributed by atoms with Gasteiger partial charge in [0.15, 0.2) is 0 Å². The third-order valence-electron chi connectivity index (χ3n) is 2.02. The lowest BCUT2D eigenvalue weighted by atomic mass is 10.1. The van der Waals surface area contributed by atoms with Crippen LogP contribution in [0, 0.1) is 0 Å². The van der Waals surface area contributed by atoms with Gasteiger partial charge in [0.25, 0.3) is 10.1 Å². The fourth-order valence-electron chi connectivity index (χ4n) is 0.915. The minimum absolute atomic E-state index is 0.0552. The first kappa shape index (κ1) is 22.2. The van der Waals surface area contributed by atoms with Crippen molar-refractivity contribution in [1.29, 1.82) is 0 Å². The molecule has 0 aliphatic heterocycles. The molecule has 0 N–H and O–H groups in total. The summed E-state index contributed by atoms with van der Waals surface area (Å²) in [6.07, 6.45) is -7.18. The standard InChI is InChI=1S/C6H6F9NO5S2/c1-16(21-22(2,17)18)23(19,20)6(14,15)4(9,10)3(7,8)5(11,12)13/h1-2H3. The topological polar surface area (TPSA) is 80.8 Å². The molecule has 0 saturated carbocycles. The van der Waals surface area contributed by atoms with E-state index in [1.165, 1.54) is 0 Å². The zero-order valence-corrected chi connectivity index (χ0v) is 12.3. The molecule has 0 bridgehead atoms. The third-order valence-corrected chi connectivity index (χ3v) is 4.26. The van der Waals surface area contributed by atoms with Crippen molar-refractivity contribution in [3.05, 3.63) is 0 Å². The summed E-state index contributed by atoms with van der Waals surface area (Å²) in [5.74, 6) is -14.9. The summed E-state index contributed by atoms with van der Waals surface area (Å²) in [7, 11) is -12.3. The van der Waals surface area contributed by atoms with Crippen LogP contribution in [0.3, 0.4) is 0 Å². The van der Waals surface area contributed by atoms with Gasteiger partial charge in [-0.05, 0) is 0 Å². The molecule has 17 heteroatoms. The van der Waals surface area contributed by atoms with Crippen molar-refractivity contribution in [2.75, 3.05) is 13.3 Å². The Morgan fingerprint density at radius 3 is 1.39 bits per heavy atom. The van der Waals surface area contributed by atoms with Crippen LogP contribution in [0.25, 0.3) is 0 Å². The summed E-state index contributed by atoms with van der Waals surface area (Å²) in [5.41, 5.74) is 0. The number of hydrogen-bond acceptors (Lipinski definition) is 5. The van der Waals surface area contributed by atoms with Crippen molar-refractivity contribution < 1.29 is 60.6 Å². The number of hydrogen-bond donors (Lipinski definition) is 0. The van der Waals surface area contributed by atoms with Crippen LogP contribution in [0.5, 0.6) is 0 Å². The molecule has 6 nitrogen and oxygen atoms in total. The molecule has 0 aliphatic carbocycles. The van der Waals surface area contributed by atoms with Crippen molar-refractivity contribution in [2.24, 2.45) is 0 Å². The maximum Gasteiger partial charge on any atom is 0.460 e. The minimum Gasteiger partial charge on any atom is -0.203 e. The van der Waals surface area contributed by atoms with E-state index in [1.54, 1.807) is 0 Å². The van der Waals surface area contributed by atoms with Gasteiger partial charge in [-0.1, -0.05) is 4.47 Å². The zero-order chi connectivity index (χ0) is 19.3. The molecule has 0 radical (unpaired) electrons. The Hall–Kier alpha value is -0.810. The lowest BCUT2D eigenvalue weighted by molar-refractivity contribution is -0.382. The molecule has 0 aromatic rings. The van der Waals surface area contributed by atoms with Crippen LogP contribution in [0.4, 0.5) is 39.5 Å². The smallest absolute Gasteiger partial charge is 0.203 e. The lowest BCUT2D eigenvalue weighted by Gasteiger charge is -2.34. The highest BCUT2D eigenvalue weighted by Gasteiger charge is 2.86. The van der Waals surface area contributed by atoms with Gasteiger partial charge < -0.3 is 0 Å². The van der Waals surface area contributed by atoms with Gasteiger partial charge in [0.1, 0.15) is 0 Å². The van der Waals surface area contributed by atoms with Gasteiger partial charge in [0.2, 0.25) is 0 Å². The Balaban J connectivity index is 6.16. The number of alkyl halides is 9. The van der Waals surface area contributed by atoms with Crippen LogP contribution < -0.4 is 0 Å². The Morgan fingerprint density at radius 2 is 1.13 bits per heavy atom. The van der Waals surface area contributed by atoms with Gasteiger partial charge in [0.05, 0.1) is 6.26 Å². The van der Waals surface area contributed by atoms with E-state index in [2.05, 4.69) is 4.28 Å². The molecule has 0 aromatic carbocycles. The molecule has 0 amide bonds. The lowest BCUT2D eigenvalue weighted by Crippen LogP contribution is -2.65. The molecule has 0 fully saturated rings. The van der Waals surface area contributed by atoms with Gasteiger partial charge in [-0.2, -0.15) is 52.2 Å². The summed E-state index contributed by atoms with van der Waals surface area (Å²) in [6, 6.07) is 0. The van der Waals surface area contributed by atoms with Gasteiger partial charge >= 0.3 is 33.3 Å². The molecule has 0 aliphatic rings. The highest BCUT2D eigenvalue weighted by Crippen LogP contribution is 2.55. The monoisotopic (exact) mass is 407 g/mol. The van der Waals surface area contributed by atoms with Crippen LogP contribution in [-0.4, -0.2) is 57.9 Å².